The molecule has 79 heavy (non-hydrogen) atoms. The van der Waals surface area contributed by atoms with E-state index in [0.717, 1.165) is 36.5 Å². The Bertz CT molecular complexity index is 2950. The van der Waals surface area contributed by atoms with Crippen LogP contribution in [0.4, 0.5) is 0 Å². The summed E-state index contributed by atoms with van der Waals surface area (Å²) in [5.74, 6) is -21.5. The Kier molecular flexibility index (Phi) is 15.7. The minimum Gasteiger partial charge on any atom is -0.574 e. The summed E-state index contributed by atoms with van der Waals surface area (Å²) in [6.45, 7) is 6.64. The summed E-state index contributed by atoms with van der Waals surface area (Å²) in [7, 11) is 0. The van der Waals surface area contributed by atoms with E-state index in [9.17, 15) is 58.5 Å². The molecule has 0 aromatic heterocycles. The highest BCUT2D eigenvalue weighted by Gasteiger charge is 2.57. The van der Waals surface area contributed by atoms with E-state index in [0.29, 0.717) is 25.7 Å². The van der Waals surface area contributed by atoms with Crippen LogP contribution in [-0.2, 0) is 100.0 Å². The first-order chi connectivity index (χ1) is 37.5. The van der Waals surface area contributed by atoms with Crippen LogP contribution in [0.15, 0.2) is 142 Å². The molecule has 0 bridgehead atoms. The molecule has 2 aliphatic carbocycles. The first kappa shape index (κ1) is 56.1. The van der Waals surface area contributed by atoms with Crippen molar-refractivity contribution in [2.45, 2.75) is 139 Å². The lowest BCUT2D eigenvalue weighted by atomic mass is 9.87. The molecule has 2 unspecified atom stereocenters. The van der Waals surface area contributed by atoms with E-state index in [1.165, 1.54) is 68.5 Å². The Morgan fingerprint density at radius 3 is 0.823 bits per heavy atom. The van der Waals surface area contributed by atoms with E-state index in [4.69, 9.17) is 56.8 Å². The van der Waals surface area contributed by atoms with Crippen LogP contribution in [-0.4, -0.2) is 88.4 Å². The fourth-order valence-corrected chi connectivity index (χ4v) is 9.29. The lowest BCUT2D eigenvalue weighted by molar-refractivity contribution is -0.406. The van der Waals surface area contributed by atoms with Crippen molar-refractivity contribution >= 4 is 53.7 Å². The van der Waals surface area contributed by atoms with E-state index in [1.807, 2.05) is 13.8 Å². The molecule has 4 spiro atoms. The van der Waals surface area contributed by atoms with E-state index < -0.39 is 129 Å². The molecule has 2 atom stereocenters. The maximum Gasteiger partial charge on any atom is 0.348 e. The van der Waals surface area contributed by atoms with Gasteiger partial charge in [0.15, 0.2) is 17.4 Å². The molecule has 0 N–H and O–H groups in total. The number of carbonyl (C=O) groups is 9. The van der Waals surface area contributed by atoms with Crippen molar-refractivity contribution < 1.29 is 115 Å². The molecule has 418 valence electrons. The van der Waals surface area contributed by atoms with Gasteiger partial charge in [0.2, 0.25) is 0 Å². The first-order valence-electron chi connectivity index (χ1n) is 25.0. The smallest absolute Gasteiger partial charge is 0.348 e. The van der Waals surface area contributed by atoms with Crippen LogP contribution < -0.4 is 15.3 Å². The first-order valence-corrected chi connectivity index (χ1v) is 25.0. The maximum atomic E-state index is 13.1. The van der Waals surface area contributed by atoms with Crippen molar-refractivity contribution in [2.24, 2.45) is 0 Å². The second-order valence-electron chi connectivity index (χ2n) is 19.3. The van der Waals surface area contributed by atoms with Crippen molar-refractivity contribution in [3.63, 3.8) is 0 Å². The van der Waals surface area contributed by atoms with Gasteiger partial charge in [-0.05, 0) is 63.1 Å². The second-order valence-corrected chi connectivity index (χ2v) is 19.3. The molecule has 24 heteroatoms. The van der Waals surface area contributed by atoms with Crippen molar-refractivity contribution in [3.8, 4) is 0 Å². The number of carbonyl (C=O) groups excluding carboxylic acids is 9. The normalized spacial score (nSPS) is 31.4. The van der Waals surface area contributed by atoms with Crippen LogP contribution >= 0.6 is 0 Å². The largest absolute Gasteiger partial charge is 0.574 e. The van der Waals surface area contributed by atoms with Gasteiger partial charge >= 0.3 is 53.7 Å². The number of hydrogen-bond acceptors (Lipinski definition) is 24. The van der Waals surface area contributed by atoms with Crippen LogP contribution in [0, 0.1) is 0 Å². The molecule has 0 aromatic carbocycles. The van der Waals surface area contributed by atoms with Gasteiger partial charge < -0.3 is 72.2 Å². The molecule has 8 rings (SSSR count). The lowest BCUT2D eigenvalue weighted by Gasteiger charge is -2.50. The van der Waals surface area contributed by atoms with E-state index in [2.05, 4.69) is 0 Å². The molecule has 0 radical (unpaired) electrons. The van der Waals surface area contributed by atoms with Crippen molar-refractivity contribution in [3.05, 3.63) is 142 Å². The van der Waals surface area contributed by atoms with Gasteiger partial charge in [-0.2, -0.15) is 0 Å². The van der Waals surface area contributed by atoms with Crippen molar-refractivity contribution in [1.29, 1.82) is 0 Å². The van der Waals surface area contributed by atoms with Gasteiger partial charge in [0, 0.05) is 51.4 Å². The average Bonchev–Trinajstić information content (AvgIpc) is 3.37. The Balaban J connectivity index is 0.784. The predicted molar refractivity (Wildman–Crippen MR) is 253 cm³/mol. The fraction of sp³-hybridized carbons (Fsp3) is 0.400. The van der Waals surface area contributed by atoms with Crippen molar-refractivity contribution in [2.75, 3.05) is 0 Å². The van der Waals surface area contributed by atoms with Gasteiger partial charge in [0.1, 0.15) is 16.7 Å². The van der Waals surface area contributed by atoms with Gasteiger partial charge in [0.25, 0.3) is 17.4 Å². The van der Waals surface area contributed by atoms with E-state index >= 15 is 0 Å². The molecule has 0 amide bonds. The maximum absolute atomic E-state index is 13.1. The van der Waals surface area contributed by atoms with Crippen LogP contribution in [0.5, 0.6) is 0 Å². The highest BCUT2D eigenvalue weighted by Crippen LogP contribution is 2.47. The molecule has 8 aliphatic rings. The lowest BCUT2D eigenvalue weighted by Crippen LogP contribution is -2.56. The molecule has 5 fully saturated rings. The Morgan fingerprint density at radius 2 is 0.570 bits per heavy atom. The number of allylic oxidation sites excluding steroid dienone is 12. The zero-order chi connectivity index (χ0) is 57.0. The zero-order valence-corrected chi connectivity index (χ0v) is 42.9. The standard InChI is InChI=1S/C55H54O24/c1-5-22-50(3)68-38(56)32(39(57)69-50)16-10-7-12-18-34-42(60)72-52(73-43(34)61)24-28-54(29-25-52)76-46(64)36(47(65)77-54)20-14-9-15-21-37-48(66)78-55(79-49(37)67)30-26-53(27-31-55)74-44(62)35(45(63)75-53)19-13-8-11-17-33-40(58)70-51(4,23-6-2)71-41(33)59/h7-21,56,58,64H,5-6,22-31H2,1-4H3/p-3/b12-7+,13-8+,15-9+,16-10+,17-11+,20-14+,34-18?,35-19?,37-21?. The minimum atomic E-state index is -1.76. The van der Waals surface area contributed by atoms with Crippen molar-refractivity contribution in [1.82, 2.24) is 0 Å². The highest BCUT2D eigenvalue weighted by molar-refractivity contribution is 6.17. The number of hydrogen-bond donors (Lipinski definition) is 0. The monoisotopic (exact) mass is 1100 g/mol. The zero-order valence-electron chi connectivity index (χ0n) is 42.9. The van der Waals surface area contributed by atoms with Gasteiger partial charge in [-0.1, -0.05) is 81.4 Å². The average molecular weight is 1100 g/mol. The summed E-state index contributed by atoms with van der Waals surface area (Å²) in [6.07, 6.45) is 18.4. The van der Waals surface area contributed by atoms with Crippen LogP contribution in [0.1, 0.15) is 105 Å². The molecular formula is C55H51O24-3. The third kappa shape index (κ3) is 12.2. The second kappa shape index (κ2) is 22.1. The molecule has 6 heterocycles. The SMILES string of the molecule is CCCC1(C)OC(=O)C(/C=C/C=C/C=C2C(=O)OC3(CCC4(CC3)OC(=O)C(=C/C=C/C=C/C3=C([O-])OC5(CCC6(CC5)OC(=O)C(=C/C=C/C=C/C5=C([O-])OC(C)(CCC)OC5=O)C(=O)O6)OC3=O)C(=O)O4)OC2=O)=C([O-])O1. The van der Waals surface area contributed by atoms with Crippen LogP contribution in [0.25, 0.3) is 0 Å². The third-order valence-corrected chi connectivity index (χ3v) is 13.3. The summed E-state index contributed by atoms with van der Waals surface area (Å²) in [5, 5.41) is 37.8. The number of esters is 9. The van der Waals surface area contributed by atoms with Crippen LogP contribution in [0.3, 0.4) is 0 Å². The summed E-state index contributed by atoms with van der Waals surface area (Å²) >= 11 is 0. The summed E-state index contributed by atoms with van der Waals surface area (Å²) < 4.78 is 65.1. The molecule has 24 nitrogen and oxygen atoms in total. The Labute approximate surface area is 449 Å². The number of rotatable bonds is 13. The van der Waals surface area contributed by atoms with Gasteiger partial charge in [-0.25, -0.2) is 43.2 Å². The van der Waals surface area contributed by atoms with Gasteiger partial charge in [-0.3, -0.25) is 0 Å². The topological polar surface area (TPSA) is 334 Å². The summed E-state index contributed by atoms with van der Waals surface area (Å²) in [5.41, 5.74) is -2.64. The Morgan fingerprint density at radius 1 is 0.329 bits per heavy atom. The predicted octanol–water partition coefficient (Wildman–Crippen LogP) is 2.80. The molecule has 0 aromatic rings. The quantitative estimate of drug-likeness (QED) is 0.0841. The van der Waals surface area contributed by atoms with E-state index in [-0.39, 0.29) is 62.5 Å². The minimum absolute atomic E-state index is 0.205. The molecule has 6 aliphatic heterocycles. The summed E-state index contributed by atoms with van der Waals surface area (Å²) in [6, 6.07) is 0. The molecule has 2 saturated carbocycles. The fourth-order valence-electron chi connectivity index (χ4n) is 9.29. The van der Waals surface area contributed by atoms with E-state index in [1.54, 1.807) is 0 Å². The van der Waals surface area contributed by atoms with Gasteiger partial charge in [-0.15, -0.1) is 0 Å². The summed E-state index contributed by atoms with van der Waals surface area (Å²) in [4.78, 5) is 116. The molecule has 3 saturated heterocycles. The molecular weight excluding hydrogens is 1040 g/mol. The number of cyclic esters (lactones) is 2. The van der Waals surface area contributed by atoms with Gasteiger partial charge in [0.05, 0.1) is 34.6 Å². The number of ether oxygens (including phenoxy) is 12. The Hall–Kier alpha value is -9.09. The van der Waals surface area contributed by atoms with Crippen LogP contribution in [0.2, 0.25) is 0 Å². The highest BCUT2D eigenvalue weighted by atomic mass is 16.8. The third-order valence-electron chi connectivity index (χ3n) is 13.3.